The summed E-state index contributed by atoms with van der Waals surface area (Å²) in [6.45, 7) is 6.06. The Labute approximate surface area is 122 Å². The zero-order valence-corrected chi connectivity index (χ0v) is 12.6. The van der Waals surface area contributed by atoms with Crippen LogP contribution in [0.4, 0.5) is 0 Å². The number of rotatable bonds is 3. The van der Waals surface area contributed by atoms with Crippen molar-refractivity contribution in [2.24, 2.45) is 0 Å². The van der Waals surface area contributed by atoms with Crippen molar-refractivity contribution in [1.82, 2.24) is 19.9 Å². The number of hydrogen-bond donors (Lipinski definition) is 1. The Bertz CT molecular complexity index is 743. The van der Waals surface area contributed by atoms with Gasteiger partial charge in [-0.3, -0.25) is 0 Å². The molecule has 0 spiro atoms. The summed E-state index contributed by atoms with van der Waals surface area (Å²) in [5.41, 5.74) is 5.33. The molecule has 0 amide bonds. The van der Waals surface area contributed by atoms with Crippen LogP contribution in [-0.4, -0.2) is 19.9 Å². The van der Waals surface area contributed by atoms with Gasteiger partial charge in [-0.15, -0.1) is 0 Å². The second-order valence-corrected chi connectivity index (χ2v) is 5.87. The smallest absolute Gasteiger partial charge is 0.188 e. The number of nitrogens with one attached hydrogen (secondary N) is 1. The fraction of sp³-hybridized carbons (Fsp3) is 0.267. The van der Waals surface area contributed by atoms with E-state index in [4.69, 9.17) is 0 Å². The first-order chi connectivity index (χ1) is 9.60. The summed E-state index contributed by atoms with van der Waals surface area (Å²) < 4.78 is 0. The van der Waals surface area contributed by atoms with Gasteiger partial charge in [0.2, 0.25) is 0 Å². The molecule has 0 aliphatic heterocycles. The lowest BCUT2D eigenvalue weighted by atomic mass is 10.2. The van der Waals surface area contributed by atoms with Crippen molar-refractivity contribution in [2.75, 3.05) is 0 Å². The van der Waals surface area contributed by atoms with Crippen molar-refractivity contribution >= 4 is 22.8 Å². The SMILES string of the molecule is Cc1ccc2nc(CSc3nc(C)cc(C)n3)[nH]c2c1. The van der Waals surface area contributed by atoms with E-state index in [0.29, 0.717) is 0 Å². The van der Waals surface area contributed by atoms with Gasteiger partial charge in [0.15, 0.2) is 5.16 Å². The first-order valence-corrected chi connectivity index (χ1v) is 7.49. The predicted molar refractivity (Wildman–Crippen MR) is 81.9 cm³/mol. The fourth-order valence-corrected chi connectivity index (χ4v) is 2.96. The number of benzene rings is 1. The zero-order chi connectivity index (χ0) is 14.1. The maximum absolute atomic E-state index is 4.58. The van der Waals surface area contributed by atoms with Crippen LogP contribution in [0.3, 0.4) is 0 Å². The summed E-state index contributed by atoms with van der Waals surface area (Å²) in [7, 11) is 0. The number of hydrogen-bond acceptors (Lipinski definition) is 4. The van der Waals surface area contributed by atoms with E-state index in [0.717, 1.165) is 39.2 Å². The van der Waals surface area contributed by atoms with Crippen LogP contribution >= 0.6 is 11.8 Å². The summed E-state index contributed by atoms with van der Waals surface area (Å²) in [6.07, 6.45) is 0. The van der Waals surface area contributed by atoms with Gasteiger partial charge in [-0.2, -0.15) is 0 Å². The second kappa shape index (κ2) is 5.25. The van der Waals surface area contributed by atoms with E-state index in [-0.39, 0.29) is 0 Å². The highest BCUT2D eigenvalue weighted by Gasteiger charge is 2.06. The van der Waals surface area contributed by atoms with Crippen LogP contribution in [0.15, 0.2) is 29.4 Å². The number of aryl methyl sites for hydroxylation is 3. The number of aromatic amines is 1. The van der Waals surface area contributed by atoms with Gasteiger partial charge >= 0.3 is 0 Å². The van der Waals surface area contributed by atoms with Crippen LogP contribution in [-0.2, 0) is 5.75 Å². The molecule has 0 radical (unpaired) electrons. The van der Waals surface area contributed by atoms with Crippen LogP contribution in [0.25, 0.3) is 11.0 Å². The minimum atomic E-state index is 0.747. The molecule has 0 fully saturated rings. The second-order valence-electron chi connectivity index (χ2n) is 4.93. The molecular weight excluding hydrogens is 268 g/mol. The molecule has 5 heteroatoms. The van der Waals surface area contributed by atoms with Crippen molar-refractivity contribution in [2.45, 2.75) is 31.7 Å². The summed E-state index contributed by atoms with van der Waals surface area (Å²) in [6, 6.07) is 8.22. The van der Waals surface area contributed by atoms with Gasteiger partial charge in [-0.05, 0) is 44.5 Å². The van der Waals surface area contributed by atoms with Crippen LogP contribution < -0.4 is 0 Å². The Morgan fingerprint density at radius 1 is 1.00 bits per heavy atom. The van der Waals surface area contributed by atoms with E-state index in [1.165, 1.54) is 5.56 Å². The molecule has 4 nitrogen and oxygen atoms in total. The molecule has 2 heterocycles. The Balaban J connectivity index is 1.79. The van der Waals surface area contributed by atoms with E-state index in [1.54, 1.807) is 11.8 Å². The minimum Gasteiger partial charge on any atom is -0.341 e. The quantitative estimate of drug-likeness (QED) is 0.590. The summed E-state index contributed by atoms with van der Waals surface area (Å²) in [5.74, 6) is 1.70. The maximum Gasteiger partial charge on any atom is 0.188 e. The maximum atomic E-state index is 4.58. The molecular formula is C15H16N4S. The van der Waals surface area contributed by atoms with Gasteiger partial charge in [0.1, 0.15) is 5.82 Å². The molecule has 0 aliphatic carbocycles. The number of fused-ring (bicyclic) bond motifs is 1. The van der Waals surface area contributed by atoms with Gasteiger partial charge in [0.25, 0.3) is 0 Å². The molecule has 0 bridgehead atoms. The van der Waals surface area contributed by atoms with Crippen molar-refractivity contribution in [3.05, 3.63) is 47.0 Å². The molecule has 20 heavy (non-hydrogen) atoms. The van der Waals surface area contributed by atoms with Crippen molar-refractivity contribution in [1.29, 1.82) is 0 Å². The van der Waals surface area contributed by atoms with Crippen LogP contribution in [0, 0.1) is 20.8 Å². The molecule has 1 aromatic carbocycles. The predicted octanol–water partition coefficient (Wildman–Crippen LogP) is 3.57. The number of thioether (sulfide) groups is 1. The highest BCUT2D eigenvalue weighted by molar-refractivity contribution is 7.98. The monoisotopic (exact) mass is 284 g/mol. The fourth-order valence-electron chi connectivity index (χ4n) is 2.14. The lowest BCUT2D eigenvalue weighted by molar-refractivity contribution is 0.900. The normalized spacial score (nSPS) is 11.2. The summed E-state index contributed by atoms with van der Waals surface area (Å²) in [4.78, 5) is 16.8. The van der Waals surface area contributed by atoms with Crippen molar-refractivity contribution in [3.8, 4) is 0 Å². The number of H-pyrrole nitrogens is 1. The molecule has 0 saturated heterocycles. The molecule has 3 aromatic rings. The van der Waals surface area contributed by atoms with Crippen molar-refractivity contribution < 1.29 is 0 Å². The summed E-state index contributed by atoms with van der Waals surface area (Å²) in [5, 5.41) is 0.805. The molecule has 0 aliphatic rings. The van der Waals surface area contributed by atoms with Crippen LogP contribution in [0.2, 0.25) is 0 Å². The Hall–Kier alpha value is -1.88. The third-order valence-corrected chi connectivity index (χ3v) is 3.84. The average molecular weight is 284 g/mol. The molecule has 3 rings (SSSR count). The molecule has 0 unspecified atom stereocenters. The third kappa shape index (κ3) is 2.82. The minimum absolute atomic E-state index is 0.747. The lowest BCUT2D eigenvalue weighted by Gasteiger charge is -2.01. The van der Waals surface area contributed by atoms with E-state index >= 15 is 0 Å². The zero-order valence-electron chi connectivity index (χ0n) is 11.8. The van der Waals surface area contributed by atoms with Gasteiger partial charge in [-0.1, -0.05) is 17.8 Å². The topological polar surface area (TPSA) is 54.5 Å². The lowest BCUT2D eigenvalue weighted by Crippen LogP contribution is -1.93. The van der Waals surface area contributed by atoms with Gasteiger partial charge in [0, 0.05) is 11.4 Å². The van der Waals surface area contributed by atoms with Gasteiger partial charge in [0.05, 0.1) is 16.8 Å². The number of imidazole rings is 1. The van der Waals surface area contributed by atoms with E-state index in [1.807, 2.05) is 26.0 Å². The van der Waals surface area contributed by atoms with Crippen molar-refractivity contribution in [3.63, 3.8) is 0 Å². The largest absolute Gasteiger partial charge is 0.341 e. The highest BCUT2D eigenvalue weighted by Crippen LogP contribution is 2.21. The van der Waals surface area contributed by atoms with E-state index in [2.05, 4.69) is 39.0 Å². The van der Waals surface area contributed by atoms with Crippen LogP contribution in [0.5, 0.6) is 0 Å². The number of aromatic nitrogens is 4. The Kier molecular flexibility index (Phi) is 3.44. The first-order valence-electron chi connectivity index (χ1n) is 6.50. The van der Waals surface area contributed by atoms with Gasteiger partial charge < -0.3 is 4.98 Å². The third-order valence-electron chi connectivity index (χ3n) is 2.99. The van der Waals surface area contributed by atoms with Crippen LogP contribution in [0.1, 0.15) is 22.8 Å². The Morgan fingerprint density at radius 3 is 2.50 bits per heavy atom. The molecule has 0 atom stereocenters. The highest BCUT2D eigenvalue weighted by atomic mass is 32.2. The van der Waals surface area contributed by atoms with E-state index in [9.17, 15) is 0 Å². The van der Waals surface area contributed by atoms with Gasteiger partial charge in [-0.25, -0.2) is 15.0 Å². The summed E-state index contributed by atoms with van der Waals surface area (Å²) >= 11 is 1.61. The van der Waals surface area contributed by atoms with E-state index < -0.39 is 0 Å². The number of nitrogens with zero attached hydrogens (tertiary/aromatic N) is 3. The standard InChI is InChI=1S/C15H16N4S/c1-9-4-5-12-13(6-9)19-14(18-12)8-20-15-16-10(2)7-11(3)17-15/h4-7H,8H2,1-3H3,(H,18,19). The average Bonchev–Trinajstić information content (AvgIpc) is 2.77. The Morgan fingerprint density at radius 2 is 1.75 bits per heavy atom. The molecule has 0 saturated carbocycles. The molecule has 2 aromatic heterocycles. The molecule has 1 N–H and O–H groups in total. The first kappa shape index (κ1) is 13.1. The molecule has 102 valence electrons.